The molecule has 1 aromatic carbocycles. The van der Waals surface area contributed by atoms with Gasteiger partial charge in [0, 0.05) is 18.8 Å². The van der Waals surface area contributed by atoms with Gasteiger partial charge in [0.05, 0.1) is 7.11 Å². The van der Waals surface area contributed by atoms with Gasteiger partial charge in [0.25, 0.3) is 0 Å². The van der Waals surface area contributed by atoms with Crippen molar-refractivity contribution in [2.45, 2.75) is 0 Å². The average Bonchev–Trinajstić information content (AvgIpc) is 2.26. The highest BCUT2D eigenvalue weighted by Gasteiger charge is 2.07. The lowest BCUT2D eigenvalue weighted by atomic mass is 10.3. The number of carbonyl (C=O) groups is 1. The molecule has 0 atom stereocenters. The maximum Gasteiger partial charge on any atom is 0.343 e. The van der Waals surface area contributed by atoms with E-state index in [2.05, 4.69) is 10.1 Å². The van der Waals surface area contributed by atoms with E-state index in [4.69, 9.17) is 4.74 Å². The standard InChI is InChI=1S/C10H12FNO3/c1-12-7-3-4-9(8(11)5-7)15-6-10(13)14-2/h3-5,12H,6H2,1-2H3. The number of halogens is 1. The molecule has 0 radical (unpaired) electrons. The number of esters is 1. The minimum Gasteiger partial charge on any atom is -0.479 e. The van der Waals surface area contributed by atoms with E-state index in [1.54, 1.807) is 13.1 Å². The molecule has 1 rings (SSSR count). The molecule has 0 saturated heterocycles. The summed E-state index contributed by atoms with van der Waals surface area (Å²) in [4.78, 5) is 10.7. The van der Waals surface area contributed by atoms with E-state index in [0.29, 0.717) is 5.69 Å². The third-order valence-electron chi connectivity index (χ3n) is 1.79. The van der Waals surface area contributed by atoms with E-state index >= 15 is 0 Å². The molecule has 0 saturated carbocycles. The van der Waals surface area contributed by atoms with Crippen LogP contribution in [0.2, 0.25) is 0 Å². The monoisotopic (exact) mass is 213 g/mol. The van der Waals surface area contributed by atoms with Crippen LogP contribution in [0.1, 0.15) is 0 Å². The third-order valence-corrected chi connectivity index (χ3v) is 1.79. The number of hydrogen-bond donors (Lipinski definition) is 1. The van der Waals surface area contributed by atoms with Gasteiger partial charge in [0.1, 0.15) is 0 Å². The Kier molecular flexibility index (Phi) is 3.91. The molecule has 0 bridgehead atoms. The van der Waals surface area contributed by atoms with Gasteiger partial charge in [-0.3, -0.25) is 0 Å². The summed E-state index contributed by atoms with van der Waals surface area (Å²) in [6.45, 7) is -0.299. The topological polar surface area (TPSA) is 47.6 Å². The van der Waals surface area contributed by atoms with E-state index in [1.807, 2.05) is 0 Å². The van der Waals surface area contributed by atoms with Crippen LogP contribution in [0.25, 0.3) is 0 Å². The molecule has 5 heteroatoms. The Labute approximate surface area is 87.0 Å². The number of ether oxygens (including phenoxy) is 2. The smallest absolute Gasteiger partial charge is 0.343 e. The van der Waals surface area contributed by atoms with Crippen molar-refractivity contribution in [3.8, 4) is 5.75 Å². The SMILES string of the molecule is CNc1ccc(OCC(=O)OC)c(F)c1. The molecular weight excluding hydrogens is 201 g/mol. The molecule has 0 amide bonds. The van der Waals surface area contributed by atoms with Crippen molar-refractivity contribution in [2.75, 3.05) is 26.1 Å². The van der Waals surface area contributed by atoms with Crippen LogP contribution in [-0.2, 0) is 9.53 Å². The molecule has 1 aromatic rings. The molecule has 0 aliphatic carbocycles. The van der Waals surface area contributed by atoms with E-state index in [1.165, 1.54) is 19.2 Å². The first-order chi connectivity index (χ1) is 7.17. The second kappa shape index (κ2) is 5.19. The van der Waals surface area contributed by atoms with E-state index < -0.39 is 11.8 Å². The molecule has 0 heterocycles. The van der Waals surface area contributed by atoms with Crippen molar-refractivity contribution < 1.29 is 18.7 Å². The summed E-state index contributed by atoms with van der Waals surface area (Å²) in [5.74, 6) is -1.04. The van der Waals surface area contributed by atoms with Gasteiger partial charge in [-0.15, -0.1) is 0 Å². The summed E-state index contributed by atoms with van der Waals surface area (Å²) < 4.78 is 22.5. The number of hydrogen-bond acceptors (Lipinski definition) is 4. The van der Waals surface area contributed by atoms with Gasteiger partial charge in [-0.25, -0.2) is 9.18 Å². The first kappa shape index (κ1) is 11.3. The van der Waals surface area contributed by atoms with Crippen molar-refractivity contribution in [1.82, 2.24) is 0 Å². The second-order valence-corrected chi connectivity index (χ2v) is 2.76. The molecule has 82 valence electrons. The number of carbonyl (C=O) groups excluding carboxylic acids is 1. The summed E-state index contributed by atoms with van der Waals surface area (Å²) in [7, 11) is 2.93. The van der Waals surface area contributed by atoms with E-state index in [-0.39, 0.29) is 12.4 Å². The predicted octanol–water partition coefficient (Wildman–Crippen LogP) is 1.42. The van der Waals surface area contributed by atoms with Gasteiger partial charge >= 0.3 is 5.97 Å². The van der Waals surface area contributed by atoms with Crippen LogP contribution in [0.5, 0.6) is 5.75 Å². The summed E-state index contributed by atoms with van der Waals surface area (Å²) in [6.07, 6.45) is 0. The van der Waals surface area contributed by atoms with Crippen LogP contribution < -0.4 is 10.1 Å². The highest BCUT2D eigenvalue weighted by atomic mass is 19.1. The van der Waals surface area contributed by atoms with Crippen molar-refractivity contribution in [1.29, 1.82) is 0 Å². The second-order valence-electron chi connectivity index (χ2n) is 2.76. The molecule has 0 unspecified atom stereocenters. The van der Waals surface area contributed by atoms with Crippen LogP contribution in [0.15, 0.2) is 18.2 Å². The number of rotatable bonds is 4. The summed E-state index contributed by atoms with van der Waals surface area (Å²) in [5.41, 5.74) is 0.637. The van der Waals surface area contributed by atoms with E-state index in [9.17, 15) is 9.18 Å². The van der Waals surface area contributed by atoms with Crippen LogP contribution in [0.4, 0.5) is 10.1 Å². The molecule has 0 aromatic heterocycles. The fraction of sp³-hybridized carbons (Fsp3) is 0.300. The van der Waals surface area contributed by atoms with Gasteiger partial charge in [0.2, 0.25) is 0 Å². The van der Waals surface area contributed by atoms with Crippen molar-refractivity contribution in [3.05, 3.63) is 24.0 Å². The quantitative estimate of drug-likeness (QED) is 0.768. The number of benzene rings is 1. The lowest BCUT2D eigenvalue weighted by Gasteiger charge is -2.07. The van der Waals surface area contributed by atoms with Gasteiger partial charge in [-0.05, 0) is 12.1 Å². The fourth-order valence-corrected chi connectivity index (χ4v) is 0.969. The minimum atomic E-state index is -0.549. The Morgan fingerprint density at radius 3 is 2.80 bits per heavy atom. The zero-order valence-corrected chi connectivity index (χ0v) is 8.54. The maximum atomic E-state index is 13.3. The highest BCUT2D eigenvalue weighted by molar-refractivity contribution is 5.70. The minimum absolute atomic E-state index is 0.0272. The predicted molar refractivity (Wildman–Crippen MR) is 53.5 cm³/mol. The maximum absolute atomic E-state index is 13.3. The van der Waals surface area contributed by atoms with Gasteiger partial charge in [0.15, 0.2) is 18.2 Å². The van der Waals surface area contributed by atoms with Crippen molar-refractivity contribution in [2.24, 2.45) is 0 Å². The number of anilines is 1. The summed E-state index contributed by atoms with van der Waals surface area (Å²) in [6, 6.07) is 4.38. The Morgan fingerprint density at radius 1 is 1.53 bits per heavy atom. The van der Waals surface area contributed by atoms with Gasteiger partial charge in [-0.2, -0.15) is 0 Å². The molecule has 15 heavy (non-hydrogen) atoms. The first-order valence-electron chi connectivity index (χ1n) is 4.34. The third kappa shape index (κ3) is 3.12. The molecule has 4 nitrogen and oxygen atoms in total. The van der Waals surface area contributed by atoms with Crippen LogP contribution >= 0.6 is 0 Å². The number of methoxy groups -OCH3 is 1. The zero-order valence-electron chi connectivity index (χ0n) is 8.54. The lowest BCUT2D eigenvalue weighted by Crippen LogP contribution is -2.13. The largest absolute Gasteiger partial charge is 0.479 e. The molecule has 0 spiro atoms. The zero-order chi connectivity index (χ0) is 11.3. The average molecular weight is 213 g/mol. The van der Waals surface area contributed by atoms with Crippen LogP contribution in [0.3, 0.4) is 0 Å². The Hall–Kier alpha value is -1.78. The van der Waals surface area contributed by atoms with Gasteiger partial charge < -0.3 is 14.8 Å². The number of nitrogens with one attached hydrogen (secondary N) is 1. The molecule has 0 aliphatic rings. The summed E-state index contributed by atoms with van der Waals surface area (Å²) in [5, 5.41) is 2.78. The molecular formula is C10H12FNO3. The summed E-state index contributed by atoms with van der Waals surface area (Å²) >= 11 is 0. The highest BCUT2D eigenvalue weighted by Crippen LogP contribution is 2.20. The van der Waals surface area contributed by atoms with Gasteiger partial charge in [-0.1, -0.05) is 0 Å². The Morgan fingerprint density at radius 2 is 2.27 bits per heavy atom. The Balaban J connectivity index is 2.66. The first-order valence-corrected chi connectivity index (χ1v) is 4.34. The van der Waals surface area contributed by atoms with Crippen LogP contribution in [0, 0.1) is 5.82 Å². The van der Waals surface area contributed by atoms with Crippen molar-refractivity contribution >= 4 is 11.7 Å². The van der Waals surface area contributed by atoms with E-state index in [0.717, 1.165) is 0 Å². The lowest BCUT2D eigenvalue weighted by molar-refractivity contribution is -0.142. The fourth-order valence-electron chi connectivity index (χ4n) is 0.969. The molecule has 0 aliphatic heterocycles. The van der Waals surface area contributed by atoms with Crippen LogP contribution in [-0.4, -0.2) is 26.7 Å². The molecule has 0 fully saturated rings. The molecule has 1 N–H and O–H groups in total. The Bertz CT molecular complexity index is 355. The normalized spacial score (nSPS) is 9.53. The van der Waals surface area contributed by atoms with Crippen molar-refractivity contribution in [3.63, 3.8) is 0 Å².